The fraction of sp³-hybridized carbons (Fsp3) is 0.200. The van der Waals surface area contributed by atoms with Gasteiger partial charge in [-0.3, -0.25) is 4.79 Å². The summed E-state index contributed by atoms with van der Waals surface area (Å²) in [6.07, 6.45) is 0. The molecule has 102 valence electrons. The molecule has 0 fully saturated rings. The average molecular weight is 269 g/mol. The molecule has 3 N–H and O–H groups in total. The predicted molar refractivity (Wildman–Crippen MR) is 76.4 cm³/mol. The first-order chi connectivity index (χ1) is 9.43. The van der Waals surface area contributed by atoms with Gasteiger partial charge in [-0.2, -0.15) is 5.26 Å². The molecule has 5 heteroatoms. The van der Waals surface area contributed by atoms with E-state index < -0.39 is 0 Å². The maximum absolute atomic E-state index is 12.3. The molecule has 0 aliphatic rings. The first-order valence-electron chi connectivity index (χ1n) is 6.11. The van der Waals surface area contributed by atoms with Gasteiger partial charge < -0.3 is 15.5 Å². The summed E-state index contributed by atoms with van der Waals surface area (Å²) in [6.45, 7) is 5.38. The van der Waals surface area contributed by atoms with E-state index in [0.717, 1.165) is 5.56 Å². The third-order valence-electron chi connectivity index (χ3n) is 3.20. The fourth-order valence-electron chi connectivity index (χ4n) is 2.08. The number of nitrogens with zero attached hydrogens (tertiary/aromatic N) is 1. The summed E-state index contributed by atoms with van der Waals surface area (Å²) in [4.78, 5) is 12.3. The zero-order valence-electron chi connectivity index (χ0n) is 11.6. The molecule has 0 aliphatic carbocycles. The van der Waals surface area contributed by atoms with Crippen LogP contribution >= 0.6 is 0 Å². The number of nitrogens with two attached hydrogens (primary N) is 1. The van der Waals surface area contributed by atoms with Crippen molar-refractivity contribution in [2.24, 2.45) is 0 Å². The molecule has 0 saturated heterocycles. The molecule has 0 radical (unpaired) electrons. The van der Waals surface area contributed by atoms with Crippen molar-refractivity contribution in [3.63, 3.8) is 0 Å². The number of nitriles is 1. The molecule has 0 aliphatic heterocycles. The second kappa shape index (κ2) is 5.10. The van der Waals surface area contributed by atoms with Gasteiger partial charge in [-0.1, -0.05) is 0 Å². The molecule has 1 heterocycles. The van der Waals surface area contributed by atoms with Crippen LogP contribution in [0.4, 0.5) is 11.4 Å². The second-order valence-corrected chi connectivity index (χ2v) is 4.59. The van der Waals surface area contributed by atoms with Crippen LogP contribution in [0.3, 0.4) is 0 Å². The second-order valence-electron chi connectivity index (χ2n) is 4.59. The summed E-state index contributed by atoms with van der Waals surface area (Å²) in [7, 11) is 0. The molecular weight excluding hydrogens is 254 g/mol. The molecule has 0 saturated carbocycles. The Morgan fingerprint density at radius 2 is 2.00 bits per heavy atom. The Bertz CT molecular complexity index is 723. The van der Waals surface area contributed by atoms with Crippen LogP contribution in [0.2, 0.25) is 0 Å². The van der Waals surface area contributed by atoms with Crippen LogP contribution in [-0.4, -0.2) is 5.91 Å². The number of furan rings is 1. The van der Waals surface area contributed by atoms with Gasteiger partial charge in [0.05, 0.1) is 16.8 Å². The van der Waals surface area contributed by atoms with Gasteiger partial charge in [-0.05, 0) is 39.0 Å². The van der Waals surface area contributed by atoms with Crippen molar-refractivity contribution in [2.45, 2.75) is 20.8 Å². The molecule has 1 aromatic heterocycles. The Morgan fingerprint density at radius 3 is 2.55 bits per heavy atom. The van der Waals surface area contributed by atoms with Gasteiger partial charge in [0.1, 0.15) is 17.6 Å². The average Bonchev–Trinajstić information content (AvgIpc) is 2.65. The molecule has 0 atom stereocenters. The SMILES string of the molecule is Cc1oc(C)c(C(=O)Nc2ccc(N)cc2C#N)c1C. The molecule has 0 unspecified atom stereocenters. The van der Waals surface area contributed by atoms with Crippen LogP contribution in [0.25, 0.3) is 0 Å². The summed E-state index contributed by atoms with van der Waals surface area (Å²) in [5.41, 5.74) is 8.16. The number of amides is 1. The quantitative estimate of drug-likeness (QED) is 0.820. The van der Waals surface area contributed by atoms with Crippen molar-refractivity contribution in [1.29, 1.82) is 5.26 Å². The van der Waals surface area contributed by atoms with Crippen molar-refractivity contribution in [2.75, 3.05) is 11.1 Å². The predicted octanol–water partition coefficient (Wildman–Crippen LogP) is 2.91. The highest BCUT2D eigenvalue weighted by molar-refractivity contribution is 6.06. The molecule has 20 heavy (non-hydrogen) atoms. The van der Waals surface area contributed by atoms with Gasteiger partial charge in [0.2, 0.25) is 0 Å². The third-order valence-corrected chi connectivity index (χ3v) is 3.20. The van der Waals surface area contributed by atoms with E-state index in [2.05, 4.69) is 5.32 Å². The lowest BCUT2D eigenvalue weighted by atomic mass is 10.1. The zero-order valence-corrected chi connectivity index (χ0v) is 11.6. The molecule has 1 aromatic carbocycles. The van der Waals surface area contributed by atoms with Crippen molar-refractivity contribution in [1.82, 2.24) is 0 Å². The topological polar surface area (TPSA) is 92.1 Å². The summed E-state index contributed by atoms with van der Waals surface area (Å²) < 4.78 is 5.43. The molecule has 5 nitrogen and oxygen atoms in total. The number of benzene rings is 1. The Morgan fingerprint density at radius 1 is 1.30 bits per heavy atom. The van der Waals surface area contributed by atoms with E-state index in [4.69, 9.17) is 15.4 Å². The zero-order chi connectivity index (χ0) is 14.9. The highest BCUT2D eigenvalue weighted by atomic mass is 16.3. The molecule has 2 aromatic rings. The van der Waals surface area contributed by atoms with Crippen LogP contribution < -0.4 is 11.1 Å². The highest BCUT2D eigenvalue weighted by Crippen LogP contribution is 2.24. The number of nitrogens with one attached hydrogen (secondary N) is 1. The smallest absolute Gasteiger partial charge is 0.259 e. The van der Waals surface area contributed by atoms with E-state index in [9.17, 15) is 4.79 Å². The molecule has 0 spiro atoms. The molecule has 0 bridgehead atoms. The van der Waals surface area contributed by atoms with E-state index in [1.54, 1.807) is 19.1 Å². The Labute approximate surface area is 117 Å². The summed E-state index contributed by atoms with van der Waals surface area (Å²) in [5.74, 6) is 0.982. The number of anilines is 2. The van der Waals surface area contributed by atoms with Crippen molar-refractivity contribution in [3.05, 3.63) is 46.4 Å². The minimum absolute atomic E-state index is 0.293. The number of nitrogen functional groups attached to an aromatic ring is 1. The monoisotopic (exact) mass is 269 g/mol. The van der Waals surface area contributed by atoms with Crippen LogP contribution in [0.15, 0.2) is 22.6 Å². The van der Waals surface area contributed by atoms with Gasteiger partial charge in [0.25, 0.3) is 5.91 Å². The van der Waals surface area contributed by atoms with Gasteiger partial charge in [-0.25, -0.2) is 0 Å². The summed E-state index contributed by atoms with van der Waals surface area (Å²) >= 11 is 0. The van der Waals surface area contributed by atoms with E-state index in [-0.39, 0.29) is 5.91 Å². The van der Waals surface area contributed by atoms with E-state index in [1.807, 2.05) is 19.9 Å². The number of rotatable bonds is 2. The lowest BCUT2D eigenvalue weighted by Gasteiger charge is -2.07. The Hall–Kier alpha value is -2.74. The lowest BCUT2D eigenvalue weighted by Crippen LogP contribution is -2.14. The first kappa shape index (κ1) is 13.7. The molecule has 1 amide bonds. The van der Waals surface area contributed by atoms with Crippen molar-refractivity contribution >= 4 is 17.3 Å². The maximum atomic E-state index is 12.3. The largest absolute Gasteiger partial charge is 0.466 e. The van der Waals surface area contributed by atoms with E-state index >= 15 is 0 Å². The standard InChI is InChI=1S/C15H15N3O2/c1-8-9(2)20-10(3)14(8)15(19)18-13-5-4-12(17)6-11(13)7-16/h4-6H,17H2,1-3H3,(H,18,19). The number of carbonyl (C=O) groups is 1. The number of aryl methyl sites for hydroxylation is 2. The highest BCUT2D eigenvalue weighted by Gasteiger charge is 2.19. The lowest BCUT2D eigenvalue weighted by molar-refractivity contribution is 0.102. The van der Waals surface area contributed by atoms with Crippen molar-refractivity contribution in [3.8, 4) is 6.07 Å². The van der Waals surface area contributed by atoms with Crippen LogP contribution in [-0.2, 0) is 0 Å². The number of carbonyl (C=O) groups excluding carboxylic acids is 1. The first-order valence-corrected chi connectivity index (χ1v) is 6.11. The summed E-state index contributed by atoms with van der Waals surface area (Å²) in [5, 5.41) is 11.8. The number of hydrogen-bond donors (Lipinski definition) is 2. The van der Waals surface area contributed by atoms with Gasteiger partial charge in [-0.15, -0.1) is 0 Å². The Balaban J connectivity index is 2.36. The fourth-order valence-corrected chi connectivity index (χ4v) is 2.08. The normalized spacial score (nSPS) is 10.1. The van der Waals surface area contributed by atoms with Gasteiger partial charge in [0.15, 0.2) is 0 Å². The summed E-state index contributed by atoms with van der Waals surface area (Å²) in [6, 6.07) is 6.78. The molecular formula is C15H15N3O2. The van der Waals surface area contributed by atoms with Gasteiger partial charge in [0, 0.05) is 11.3 Å². The van der Waals surface area contributed by atoms with Crippen LogP contribution in [0, 0.1) is 32.1 Å². The van der Waals surface area contributed by atoms with Crippen molar-refractivity contribution < 1.29 is 9.21 Å². The minimum atomic E-state index is -0.293. The third kappa shape index (κ3) is 2.36. The molecule has 2 rings (SSSR count). The van der Waals surface area contributed by atoms with Gasteiger partial charge >= 0.3 is 0 Å². The van der Waals surface area contributed by atoms with Crippen LogP contribution in [0.5, 0.6) is 0 Å². The van der Waals surface area contributed by atoms with E-state index in [1.165, 1.54) is 6.07 Å². The Kier molecular flexibility index (Phi) is 3.49. The van der Waals surface area contributed by atoms with E-state index in [0.29, 0.717) is 34.0 Å². The maximum Gasteiger partial charge on any atom is 0.259 e. The number of hydrogen-bond acceptors (Lipinski definition) is 4. The van der Waals surface area contributed by atoms with Crippen LogP contribution in [0.1, 0.15) is 33.0 Å². The minimum Gasteiger partial charge on any atom is -0.466 e.